The lowest BCUT2D eigenvalue weighted by Crippen LogP contribution is -2.23. The smallest absolute Gasteiger partial charge is 0.262 e. The zero-order chi connectivity index (χ0) is 13.6. The molecule has 0 aliphatic carbocycles. The first-order valence-corrected chi connectivity index (χ1v) is 7.00. The molecule has 0 aliphatic heterocycles. The van der Waals surface area contributed by atoms with Crippen LogP contribution in [0.25, 0.3) is 10.4 Å². The quantitative estimate of drug-likeness (QED) is 0.265. The van der Waals surface area contributed by atoms with Gasteiger partial charge in [-0.25, -0.2) is 0 Å². The van der Waals surface area contributed by atoms with E-state index in [0.29, 0.717) is 0 Å². The molecule has 0 aromatic heterocycles. The standard InChI is InChI=1S/C10H12ClN3O3S/c1-8-2-4-10(5-3-8)18(15,16)17-9(6-11)7-13-14-12/h2-5,9H,6-7H2,1H3. The van der Waals surface area contributed by atoms with Crippen LogP contribution in [-0.4, -0.2) is 26.9 Å². The number of aryl methyl sites for hydroxylation is 1. The summed E-state index contributed by atoms with van der Waals surface area (Å²) in [6.07, 6.45) is -0.867. The molecule has 18 heavy (non-hydrogen) atoms. The van der Waals surface area contributed by atoms with Crippen LogP contribution in [0.5, 0.6) is 0 Å². The minimum absolute atomic E-state index is 0.0455. The zero-order valence-corrected chi connectivity index (χ0v) is 11.2. The zero-order valence-electron chi connectivity index (χ0n) is 9.65. The van der Waals surface area contributed by atoms with Crippen molar-refractivity contribution in [2.75, 3.05) is 12.4 Å². The molecule has 0 fully saturated rings. The maximum atomic E-state index is 11.9. The van der Waals surface area contributed by atoms with Crippen LogP contribution < -0.4 is 0 Å². The van der Waals surface area contributed by atoms with E-state index in [9.17, 15) is 8.42 Å². The summed E-state index contributed by atoms with van der Waals surface area (Å²) in [5, 5.41) is 3.24. The third kappa shape index (κ3) is 4.19. The second-order valence-corrected chi connectivity index (χ2v) is 5.43. The summed E-state index contributed by atoms with van der Waals surface area (Å²) in [5.41, 5.74) is 9.11. The fourth-order valence-electron chi connectivity index (χ4n) is 1.17. The summed E-state index contributed by atoms with van der Waals surface area (Å²) in [6, 6.07) is 6.23. The average molecular weight is 290 g/mol. The molecule has 0 amide bonds. The van der Waals surface area contributed by atoms with Crippen molar-refractivity contribution in [2.45, 2.75) is 17.9 Å². The van der Waals surface area contributed by atoms with Gasteiger partial charge in [-0.05, 0) is 24.6 Å². The number of halogens is 1. The van der Waals surface area contributed by atoms with Gasteiger partial charge in [0.05, 0.1) is 23.4 Å². The third-order valence-electron chi connectivity index (χ3n) is 2.09. The van der Waals surface area contributed by atoms with Crippen molar-refractivity contribution in [3.05, 3.63) is 40.3 Å². The van der Waals surface area contributed by atoms with Crippen LogP contribution in [0.15, 0.2) is 34.3 Å². The molecule has 0 aliphatic rings. The molecule has 1 unspecified atom stereocenters. The Balaban J connectivity index is 2.86. The Morgan fingerprint density at radius 3 is 2.56 bits per heavy atom. The molecule has 0 saturated heterocycles. The molecule has 6 nitrogen and oxygen atoms in total. The van der Waals surface area contributed by atoms with Gasteiger partial charge in [0.25, 0.3) is 10.1 Å². The molecule has 8 heteroatoms. The summed E-state index contributed by atoms with van der Waals surface area (Å²) in [6.45, 7) is 1.71. The Labute approximate surface area is 110 Å². The van der Waals surface area contributed by atoms with E-state index >= 15 is 0 Å². The van der Waals surface area contributed by atoms with Gasteiger partial charge in [-0.2, -0.15) is 8.42 Å². The fraction of sp³-hybridized carbons (Fsp3) is 0.400. The van der Waals surface area contributed by atoms with Crippen LogP contribution in [0.1, 0.15) is 5.56 Å². The predicted octanol–water partition coefficient (Wildman–Crippen LogP) is 2.62. The number of alkyl halides is 1. The highest BCUT2D eigenvalue weighted by Gasteiger charge is 2.20. The first kappa shape index (κ1) is 14.8. The molecule has 0 radical (unpaired) electrons. The molecule has 0 heterocycles. The number of nitrogens with zero attached hydrogens (tertiary/aromatic N) is 3. The molecule has 0 saturated carbocycles. The highest BCUT2D eigenvalue weighted by atomic mass is 35.5. The summed E-state index contributed by atoms with van der Waals surface area (Å²) in [4.78, 5) is 2.57. The minimum atomic E-state index is -3.89. The normalized spacial score (nSPS) is 12.8. The van der Waals surface area contributed by atoms with Gasteiger partial charge in [0.2, 0.25) is 0 Å². The van der Waals surface area contributed by atoms with Gasteiger partial charge in [-0.1, -0.05) is 22.8 Å². The lowest BCUT2D eigenvalue weighted by atomic mass is 10.2. The topological polar surface area (TPSA) is 92.1 Å². The second kappa shape index (κ2) is 6.61. The first-order valence-electron chi connectivity index (χ1n) is 5.06. The fourth-order valence-corrected chi connectivity index (χ4v) is 2.48. The molecule has 1 atom stereocenters. The van der Waals surface area contributed by atoms with E-state index in [2.05, 4.69) is 10.0 Å². The summed E-state index contributed by atoms with van der Waals surface area (Å²) in [7, 11) is -3.89. The van der Waals surface area contributed by atoms with E-state index in [1.165, 1.54) is 12.1 Å². The molecule has 0 bridgehead atoms. The van der Waals surface area contributed by atoms with Crippen molar-refractivity contribution in [1.29, 1.82) is 0 Å². The SMILES string of the molecule is Cc1ccc(S(=O)(=O)OC(CCl)CN=[N+]=[N-])cc1. The maximum Gasteiger partial charge on any atom is 0.297 e. The Bertz CT molecular complexity index is 538. The molecular weight excluding hydrogens is 278 g/mol. The summed E-state index contributed by atoms with van der Waals surface area (Å²) in [5.74, 6) is -0.0793. The van der Waals surface area contributed by atoms with Gasteiger partial charge >= 0.3 is 0 Å². The van der Waals surface area contributed by atoms with Gasteiger partial charge < -0.3 is 0 Å². The van der Waals surface area contributed by atoms with Gasteiger partial charge in [0, 0.05) is 4.91 Å². The number of azide groups is 1. The number of benzene rings is 1. The molecule has 1 aromatic carbocycles. The highest BCUT2D eigenvalue weighted by molar-refractivity contribution is 7.86. The van der Waals surface area contributed by atoms with Crippen molar-refractivity contribution in [1.82, 2.24) is 0 Å². The van der Waals surface area contributed by atoms with Gasteiger partial charge in [-0.15, -0.1) is 11.6 Å². The van der Waals surface area contributed by atoms with Crippen LogP contribution in [0.3, 0.4) is 0 Å². The third-order valence-corrected chi connectivity index (χ3v) is 3.81. The van der Waals surface area contributed by atoms with Gasteiger partial charge in [0.1, 0.15) is 0 Å². The van der Waals surface area contributed by atoms with Crippen LogP contribution in [-0.2, 0) is 14.3 Å². The van der Waals surface area contributed by atoms with Crippen LogP contribution in [0.2, 0.25) is 0 Å². The molecule has 0 spiro atoms. The molecule has 0 N–H and O–H groups in total. The van der Waals surface area contributed by atoms with Gasteiger partial charge in [0.15, 0.2) is 0 Å². The number of hydrogen-bond donors (Lipinski definition) is 0. The van der Waals surface area contributed by atoms with E-state index < -0.39 is 16.2 Å². The number of rotatable bonds is 6. The van der Waals surface area contributed by atoms with Crippen LogP contribution in [0.4, 0.5) is 0 Å². The monoisotopic (exact) mass is 289 g/mol. The summed E-state index contributed by atoms with van der Waals surface area (Å²) >= 11 is 5.55. The Kier molecular flexibility index (Phi) is 5.43. The number of hydrogen-bond acceptors (Lipinski definition) is 4. The minimum Gasteiger partial charge on any atom is -0.262 e. The van der Waals surface area contributed by atoms with E-state index in [1.807, 2.05) is 6.92 Å². The summed E-state index contributed by atoms with van der Waals surface area (Å²) < 4.78 is 28.6. The van der Waals surface area contributed by atoms with E-state index in [-0.39, 0.29) is 17.3 Å². The highest BCUT2D eigenvalue weighted by Crippen LogP contribution is 2.15. The molecular formula is C10H12ClN3O3S. The van der Waals surface area contributed by atoms with Crippen molar-refractivity contribution in [3.63, 3.8) is 0 Å². The van der Waals surface area contributed by atoms with Crippen LogP contribution >= 0.6 is 11.6 Å². The van der Waals surface area contributed by atoms with E-state index in [4.69, 9.17) is 21.3 Å². The molecule has 98 valence electrons. The van der Waals surface area contributed by atoms with Crippen molar-refractivity contribution in [2.24, 2.45) is 5.11 Å². The van der Waals surface area contributed by atoms with Crippen molar-refractivity contribution in [3.8, 4) is 0 Å². The lowest BCUT2D eigenvalue weighted by Gasteiger charge is -2.12. The lowest BCUT2D eigenvalue weighted by molar-refractivity contribution is 0.239. The van der Waals surface area contributed by atoms with Gasteiger partial charge in [-0.3, -0.25) is 4.18 Å². The average Bonchev–Trinajstić information content (AvgIpc) is 2.35. The predicted molar refractivity (Wildman–Crippen MR) is 68.0 cm³/mol. The molecule has 1 rings (SSSR count). The van der Waals surface area contributed by atoms with Crippen molar-refractivity contribution >= 4 is 21.7 Å². The largest absolute Gasteiger partial charge is 0.297 e. The first-order chi connectivity index (χ1) is 8.49. The Morgan fingerprint density at radius 2 is 2.06 bits per heavy atom. The molecule has 1 aromatic rings. The van der Waals surface area contributed by atoms with Crippen molar-refractivity contribution < 1.29 is 12.6 Å². The maximum absolute atomic E-state index is 11.9. The van der Waals surface area contributed by atoms with E-state index in [0.717, 1.165) is 5.56 Å². The Hall–Kier alpha value is -1.27. The van der Waals surface area contributed by atoms with E-state index in [1.54, 1.807) is 12.1 Å². The Morgan fingerprint density at radius 1 is 1.44 bits per heavy atom. The second-order valence-electron chi connectivity index (χ2n) is 3.55. The van der Waals surface area contributed by atoms with Crippen LogP contribution in [0, 0.1) is 6.92 Å².